The first-order chi connectivity index (χ1) is 8.45. The smallest absolute Gasteiger partial charge is 0.0158 e. The Hall–Kier alpha value is -0.300. The molecule has 3 unspecified atom stereocenters. The van der Waals surface area contributed by atoms with Gasteiger partial charge in [-0.25, -0.2) is 0 Å². The maximum atomic E-state index is 4.15. The van der Waals surface area contributed by atoms with Crippen LogP contribution in [0.15, 0.2) is 12.2 Å². The van der Waals surface area contributed by atoms with Gasteiger partial charge in [0.15, 0.2) is 0 Å². The van der Waals surface area contributed by atoms with Gasteiger partial charge in [0, 0.05) is 6.04 Å². The molecular weight excluding hydrogens is 218 g/mol. The van der Waals surface area contributed by atoms with Crippen LogP contribution in [0.3, 0.4) is 0 Å². The van der Waals surface area contributed by atoms with Crippen LogP contribution in [0.5, 0.6) is 0 Å². The van der Waals surface area contributed by atoms with E-state index in [1.807, 2.05) is 0 Å². The van der Waals surface area contributed by atoms with Crippen LogP contribution in [0, 0.1) is 22.7 Å². The second-order valence-electron chi connectivity index (χ2n) is 8.14. The van der Waals surface area contributed by atoms with Crippen LogP contribution in [-0.2, 0) is 0 Å². The van der Waals surface area contributed by atoms with Crippen molar-refractivity contribution in [3.05, 3.63) is 12.2 Å². The Bertz CT molecular complexity index is 343. The zero-order chi connectivity index (χ0) is 13.0. The molecule has 1 nitrogen and oxygen atoms in total. The molecule has 4 fully saturated rings. The Morgan fingerprint density at radius 3 is 2.33 bits per heavy atom. The van der Waals surface area contributed by atoms with E-state index in [1.165, 1.54) is 50.5 Å². The highest BCUT2D eigenvalue weighted by Gasteiger charge is 2.57. The molecule has 0 radical (unpaired) electrons. The van der Waals surface area contributed by atoms with E-state index in [0.29, 0.717) is 16.9 Å². The summed E-state index contributed by atoms with van der Waals surface area (Å²) in [5.41, 5.74) is 2.59. The van der Waals surface area contributed by atoms with Crippen molar-refractivity contribution in [1.82, 2.24) is 5.32 Å². The summed E-state index contributed by atoms with van der Waals surface area (Å²) in [7, 11) is 2.16. The minimum atomic E-state index is 0.590. The van der Waals surface area contributed by atoms with Crippen LogP contribution in [0.1, 0.15) is 58.8 Å². The first-order valence-electron chi connectivity index (χ1n) is 7.76. The quantitative estimate of drug-likeness (QED) is 0.736. The minimum absolute atomic E-state index is 0.590. The Kier molecular flexibility index (Phi) is 2.89. The lowest BCUT2D eigenvalue weighted by Crippen LogP contribution is -2.58. The van der Waals surface area contributed by atoms with E-state index in [9.17, 15) is 0 Å². The highest BCUT2D eigenvalue weighted by molar-refractivity contribution is 5.11. The minimum Gasteiger partial charge on any atom is -0.316 e. The number of nitrogens with one attached hydrogen (secondary N) is 1. The summed E-state index contributed by atoms with van der Waals surface area (Å²) in [5, 5.41) is 3.65. The average molecular weight is 247 g/mol. The van der Waals surface area contributed by atoms with Crippen molar-refractivity contribution in [3.63, 3.8) is 0 Å². The Morgan fingerprint density at radius 1 is 1.28 bits per heavy atom. The second kappa shape index (κ2) is 4.10. The van der Waals surface area contributed by atoms with Crippen LogP contribution in [0.2, 0.25) is 0 Å². The first kappa shape index (κ1) is 12.7. The van der Waals surface area contributed by atoms with E-state index >= 15 is 0 Å². The highest BCUT2D eigenvalue weighted by atomic mass is 14.9. The lowest BCUT2D eigenvalue weighted by atomic mass is 9.43. The van der Waals surface area contributed by atoms with Gasteiger partial charge in [-0.3, -0.25) is 0 Å². The molecule has 102 valence electrons. The van der Waals surface area contributed by atoms with E-state index in [4.69, 9.17) is 0 Å². The third-order valence-corrected chi connectivity index (χ3v) is 6.04. The molecular formula is C17H29N. The van der Waals surface area contributed by atoms with Gasteiger partial charge in [-0.15, -0.1) is 6.58 Å². The van der Waals surface area contributed by atoms with Gasteiger partial charge in [0.2, 0.25) is 0 Å². The van der Waals surface area contributed by atoms with Gasteiger partial charge in [0.1, 0.15) is 0 Å². The standard InChI is InChI=1S/C17H29N/c1-12(2)5-15(18-4)17-9-13-6-14(10-17)8-16(3,7-13)11-17/h13-15,18H,1,5-11H2,2-4H3. The monoisotopic (exact) mass is 247 g/mol. The lowest BCUT2D eigenvalue weighted by molar-refractivity contribution is -0.117. The van der Waals surface area contributed by atoms with Gasteiger partial charge in [0.25, 0.3) is 0 Å². The summed E-state index contributed by atoms with van der Waals surface area (Å²) in [6.45, 7) is 8.90. The molecule has 4 bridgehead atoms. The fraction of sp³-hybridized carbons (Fsp3) is 0.882. The van der Waals surface area contributed by atoms with Crippen molar-refractivity contribution in [2.24, 2.45) is 22.7 Å². The van der Waals surface area contributed by atoms with Gasteiger partial charge in [-0.05, 0) is 81.6 Å². The predicted molar refractivity (Wildman–Crippen MR) is 77.5 cm³/mol. The van der Waals surface area contributed by atoms with Crippen molar-refractivity contribution >= 4 is 0 Å². The fourth-order valence-corrected chi connectivity index (χ4v) is 6.18. The Labute approximate surface area is 112 Å². The van der Waals surface area contributed by atoms with Gasteiger partial charge in [0.05, 0.1) is 0 Å². The summed E-state index contributed by atoms with van der Waals surface area (Å²) >= 11 is 0. The molecule has 0 heterocycles. The van der Waals surface area contributed by atoms with Gasteiger partial charge < -0.3 is 5.32 Å². The van der Waals surface area contributed by atoms with Crippen LogP contribution >= 0.6 is 0 Å². The van der Waals surface area contributed by atoms with Gasteiger partial charge in [-0.1, -0.05) is 12.5 Å². The molecule has 0 saturated heterocycles. The summed E-state index contributed by atoms with van der Waals surface area (Å²) < 4.78 is 0. The third kappa shape index (κ3) is 1.95. The van der Waals surface area contributed by atoms with Crippen molar-refractivity contribution in [2.45, 2.75) is 64.8 Å². The molecule has 4 aliphatic carbocycles. The highest BCUT2D eigenvalue weighted by Crippen LogP contribution is 2.66. The van der Waals surface area contributed by atoms with E-state index in [0.717, 1.165) is 11.8 Å². The molecule has 0 aromatic carbocycles. The zero-order valence-corrected chi connectivity index (χ0v) is 12.4. The molecule has 3 atom stereocenters. The van der Waals surface area contributed by atoms with E-state index in [-0.39, 0.29) is 0 Å². The molecule has 18 heavy (non-hydrogen) atoms. The SMILES string of the molecule is C=C(C)CC(NC)C12CC3CC(CC(C)(C3)C1)C2. The maximum absolute atomic E-state index is 4.15. The van der Waals surface area contributed by atoms with Crippen molar-refractivity contribution < 1.29 is 0 Å². The van der Waals surface area contributed by atoms with Crippen molar-refractivity contribution in [2.75, 3.05) is 7.05 Å². The van der Waals surface area contributed by atoms with Crippen molar-refractivity contribution in [3.8, 4) is 0 Å². The normalized spacial score (nSPS) is 47.3. The van der Waals surface area contributed by atoms with Crippen LogP contribution in [-0.4, -0.2) is 13.1 Å². The molecule has 0 aromatic rings. The number of hydrogen-bond acceptors (Lipinski definition) is 1. The van der Waals surface area contributed by atoms with E-state index < -0.39 is 0 Å². The maximum Gasteiger partial charge on any atom is 0.0158 e. The van der Waals surface area contributed by atoms with Crippen LogP contribution in [0.4, 0.5) is 0 Å². The average Bonchev–Trinajstić information content (AvgIpc) is 2.21. The molecule has 4 rings (SSSR count). The predicted octanol–water partition coefficient (Wildman–Crippen LogP) is 4.15. The van der Waals surface area contributed by atoms with Crippen LogP contribution in [0.25, 0.3) is 0 Å². The summed E-state index contributed by atoms with van der Waals surface area (Å²) in [6, 6.07) is 0.667. The van der Waals surface area contributed by atoms with Crippen molar-refractivity contribution in [1.29, 1.82) is 0 Å². The Balaban J connectivity index is 1.87. The number of hydrogen-bond donors (Lipinski definition) is 1. The third-order valence-electron chi connectivity index (χ3n) is 6.04. The van der Waals surface area contributed by atoms with Gasteiger partial charge >= 0.3 is 0 Å². The fourth-order valence-electron chi connectivity index (χ4n) is 6.18. The molecule has 0 aliphatic heterocycles. The molecule has 1 N–H and O–H groups in total. The molecule has 0 spiro atoms. The number of rotatable bonds is 4. The molecule has 1 heteroatoms. The van der Waals surface area contributed by atoms with Crippen LogP contribution < -0.4 is 5.32 Å². The molecule has 4 saturated carbocycles. The second-order valence-corrected chi connectivity index (χ2v) is 8.14. The molecule has 0 aromatic heterocycles. The van der Waals surface area contributed by atoms with E-state index in [1.54, 1.807) is 0 Å². The van der Waals surface area contributed by atoms with Gasteiger partial charge in [-0.2, -0.15) is 0 Å². The summed E-state index contributed by atoms with van der Waals surface area (Å²) in [6.07, 6.45) is 10.2. The first-order valence-corrected chi connectivity index (χ1v) is 7.76. The summed E-state index contributed by atoms with van der Waals surface area (Å²) in [5.74, 6) is 2.05. The topological polar surface area (TPSA) is 12.0 Å². The largest absolute Gasteiger partial charge is 0.316 e. The molecule has 4 aliphatic rings. The zero-order valence-electron chi connectivity index (χ0n) is 12.4. The van der Waals surface area contributed by atoms with E-state index in [2.05, 4.69) is 32.8 Å². The Morgan fingerprint density at radius 2 is 1.89 bits per heavy atom. The molecule has 0 amide bonds. The lowest BCUT2D eigenvalue weighted by Gasteiger charge is -2.63. The summed E-state index contributed by atoms with van der Waals surface area (Å²) in [4.78, 5) is 0.